The van der Waals surface area contributed by atoms with Gasteiger partial charge in [0.05, 0.1) is 22.4 Å². The first-order chi connectivity index (χ1) is 25.8. The fourth-order valence-electron chi connectivity index (χ4n) is 7.95. The van der Waals surface area contributed by atoms with Crippen molar-refractivity contribution in [2.24, 2.45) is 0 Å². The van der Waals surface area contributed by atoms with E-state index in [0.29, 0.717) is 5.95 Å². The Kier molecular flexibility index (Phi) is 6.22. The smallest absolute Gasteiger partial charge is 0.235 e. The second kappa shape index (κ2) is 11.2. The number of hydrogen-bond donors (Lipinski definition) is 0. The summed E-state index contributed by atoms with van der Waals surface area (Å²) < 4.78 is 8.69. The van der Waals surface area contributed by atoms with Gasteiger partial charge in [0, 0.05) is 38.2 Å². The van der Waals surface area contributed by atoms with Crippen molar-refractivity contribution in [1.29, 1.82) is 0 Å². The van der Waals surface area contributed by atoms with Crippen molar-refractivity contribution in [3.05, 3.63) is 176 Å². The second-order valence-corrected chi connectivity index (χ2v) is 13.4. The minimum absolute atomic E-state index is 0.628. The van der Waals surface area contributed by atoms with Crippen molar-refractivity contribution < 1.29 is 4.42 Å². The van der Waals surface area contributed by atoms with Crippen molar-refractivity contribution in [3.63, 3.8) is 0 Å². The average Bonchev–Trinajstić information content (AvgIpc) is 3.76. The summed E-state index contributed by atoms with van der Waals surface area (Å²) in [4.78, 5) is 10.7. The molecule has 0 aliphatic heterocycles. The minimum atomic E-state index is 0.628. The number of furan rings is 1. The third-order valence-corrected chi connectivity index (χ3v) is 10.4. The van der Waals surface area contributed by atoms with Crippen LogP contribution in [-0.2, 0) is 0 Å². The maximum absolute atomic E-state index is 6.41. The molecular formula is C48H29N3O. The molecule has 4 heteroatoms. The van der Waals surface area contributed by atoms with Gasteiger partial charge in [-0.3, -0.25) is 4.57 Å². The molecule has 0 radical (unpaired) electrons. The molecule has 11 rings (SSSR count). The van der Waals surface area contributed by atoms with Crippen molar-refractivity contribution in [3.8, 4) is 39.6 Å². The molecule has 0 atom stereocenters. The van der Waals surface area contributed by atoms with Gasteiger partial charge in [-0.1, -0.05) is 140 Å². The molecule has 0 unspecified atom stereocenters. The van der Waals surface area contributed by atoms with Crippen LogP contribution in [0.2, 0.25) is 0 Å². The normalized spacial score (nSPS) is 11.8. The highest BCUT2D eigenvalue weighted by Crippen LogP contribution is 2.42. The third-order valence-electron chi connectivity index (χ3n) is 10.4. The van der Waals surface area contributed by atoms with Gasteiger partial charge >= 0.3 is 0 Å². The number of rotatable bonds is 4. The number of benzene rings is 8. The molecule has 11 aromatic rings. The van der Waals surface area contributed by atoms with Gasteiger partial charge in [-0.25, -0.2) is 9.97 Å². The van der Waals surface area contributed by atoms with Gasteiger partial charge < -0.3 is 4.42 Å². The second-order valence-electron chi connectivity index (χ2n) is 13.4. The van der Waals surface area contributed by atoms with Crippen molar-refractivity contribution >= 4 is 65.3 Å². The van der Waals surface area contributed by atoms with E-state index in [1.54, 1.807) is 0 Å². The van der Waals surface area contributed by atoms with Crippen LogP contribution in [0.25, 0.3) is 105 Å². The van der Waals surface area contributed by atoms with Gasteiger partial charge in [0.25, 0.3) is 0 Å². The maximum atomic E-state index is 6.41. The lowest BCUT2D eigenvalue weighted by atomic mass is 9.98. The predicted octanol–water partition coefficient (Wildman–Crippen LogP) is 12.8. The molecule has 0 bridgehead atoms. The lowest BCUT2D eigenvalue weighted by molar-refractivity contribution is 0.669. The predicted molar refractivity (Wildman–Crippen MR) is 215 cm³/mol. The molecule has 0 amide bonds. The van der Waals surface area contributed by atoms with Gasteiger partial charge in [-0.15, -0.1) is 0 Å². The maximum Gasteiger partial charge on any atom is 0.235 e. The summed E-state index contributed by atoms with van der Waals surface area (Å²) in [5.41, 5.74) is 9.92. The van der Waals surface area contributed by atoms with Gasteiger partial charge in [0.1, 0.15) is 11.2 Å². The largest absolute Gasteiger partial charge is 0.456 e. The molecule has 0 N–H and O–H groups in total. The summed E-state index contributed by atoms with van der Waals surface area (Å²) in [6.45, 7) is 0. The summed E-state index contributed by atoms with van der Waals surface area (Å²) in [6, 6.07) is 62.0. The van der Waals surface area contributed by atoms with Crippen LogP contribution in [0, 0.1) is 0 Å². The lowest BCUT2D eigenvalue weighted by Gasteiger charge is -2.14. The molecule has 242 valence electrons. The molecule has 0 saturated heterocycles. The van der Waals surface area contributed by atoms with Crippen molar-refractivity contribution in [2.75, 3.05) is 0 Å². The number of aromatic nitrogens is 3. The van der Waals surface area contributed by atoms with E-state index in [2.05, 4.69) is 168 Å². The van der Waals surface area contributed by atoms with E-state index in [4.69, 9.17) is 14.4 Å². The highest BCUT2D eigenvalue weighted by atomic mass is 16.3. The number of nitrogens with zero attached hydrogens (tertiary/aromatic N) is 3. The first kappa shape index (κ1) is 28.8. The Hall–Kier alpha value is -7.04. The van der Waals surface area contributed by atoms with Crippen LogP contribution in [0.5, 0.6) is 0 Å². The van der Waals surface area contributed by atoms with E-state index in [0.717, 1.165) is 77.4 Å². The Morgan fingerprint density at radius 1 is 0.404 bits per heavy atom. The molecule has 0 spiro atoms. The number of para-hydroxylation sites is 1. The van der Waals surface area contributed by atoms with E-state index in [1.807, 2.05) is 12.1 Å². The van der Waals surface area contributed by atoms with Crippen molar-refractivity contribution in [2.45, 2.75) is 0 Å². The highest BCUT2D eigenvalue weighted by molar-refractivity contribution is 6.21. The molecule has 0 fully saturated rings. The van der Waals surface area contributed by atoms with E-state index < -0.39 is 0 Å². The molecule has 0 aliphatic carbocycles. The fraction of sp³-hybridized carbons (Fsp3) is 0. The summed E-state index contributed by atoms with van der Waals surface area (Å²) in [5.74, 6) is 0.628. The van der Waals surface area contributed by atoms with Crippen LogP contribution in [0.3, 0.4) is 0 Å². The van der Waals surface area contributed by atoms with E-state index in [9.17, 15) is 0 Å². The third kappa shape index (κ3) is 4.41. The molecule has 8 aromatic carbocycles. The molecule has 4 nitrogen and oxygen atoms in total. The zero-order chi connectivity index (χ0) is 34.2. The van der Waals surface area contributed by atoms with Gasteiger partial charge in [0.15, 0.2) is 0 Å². The van der Waals surface area contributed by atoms with Gasteiger partial charge in [-0.05, 0) is 63.5 Å². The Labute approximate surface area is 298 Å². The quantitative estimate of drug-likeness (QED) is 0.188. The molecule has 52 heavy (non-hydrogen) atoms. The first-order valence-electron chi connectivity index (χ1n) is 17.6. The molecule has 3 aromatic heterocycles. The van der Waals surface area contributed by atoms with E-state index in [-0.39, 0.29) is 0 Å². The highest BCUT2D eigenvalue weighted by Gasteiger charge is 2.21. The summed E-state index contributed by atoms with van der Waals surface area (Å²) in [7, 11) is 0. The van der Waals surface area contributed by atoms with Crippen LogP contribution in [0.4, 0.5) is 0 Å². The van der Waals surface area contributed by atoms with Gasteiger partial charge in [-0.2, -0.15) is 0 Å². The summed E-state index contributed by atoms with van der Waals surface area (Å²) in [6.07, 6.45) is 0. The Balaban J connectivity index is 1.26. The van der Waals surface area contributed by atoms with Crippen LogP contribution in [0.15, 0.2) is 180 Å². The number of fused-ring (bicyclic) bond motifs is 9. The van der Waals surface area contributed by atoms with E-state index >= 15 is 0 Å². The van der Waals surface area contributed by atoms with Gasteiger partial charge in [0.2, 0.25) is 5.95 Å². The molecular weight excluding hydrogens is 635 g/mol. The van der Waals surface area contributed by atoms with Crippen LogP contribution in [0.1, 0.15) is 0 Å². The first-order valence-corrected chi connectivity index (χ1v) is 17.6. The lowest BCUT2D eigenvalue weighted by Crippen LogP contribution is -2.04. The Bertz CT molecular complexity index is 3120. The molecule has 0 aliphatic rings. The molecule has 3 heterocycles. The van der Waals surface area contributed by atoms with Crippen LogP contribution in [-0.4, -0.2) is 14.5 Å². The zero-order valence-electron chi connectivity index (χ0n) is 28.0. The Morgan fingerprint density at radius 3 is 1.79 bits per heavy atom. The van der Waals surface area contributed by atoms with E-state index in [1.165, 1.54) is 21.5 Å². The van der Waals surface area contributed by atoms with Crippen molar-refractivity contribution in [1.82, 2.24) is 14.5 Å². The average molecular weight is 664 g/mol. The fourth-order valence-corrected chi connectivity index (χ4v) is 7.95. The molecule has 0 saturated carbocycles. The van der Waals surface area contributed by atoms with Crippen LogP contribution < -0.4 is 0 Å². The summed E-state index contributed by atoms with van der Waals surface area (Å²) in [5, 5.41) is 9.30. The standard InChI is InChI=1S/C48H29N3O/c1-3-13-31(14-4-1)41-29-42(32-15-5-2-6-16-32)50-48(49-41)51-43-28-34-18-8-7-17-33(34)26-39(43)38-21-11-20-37(47(38)51)35-23-24-44-40(27-35)46-36-19-10-9-12-30(36)22-25-45(46)52-44/h1-29H. The monoisotopic (exact) mass is 663 g/mol. The van der Waals surface area contributed by atoms with Crippen LogP contribution >= 0.6 is 0 Å². The topological polar surface area (TPSA) is 43.9 Å². The number of hydrogen-bond acceptors (Lipinski definition) is 3. The minimum Gasteiger partial charge on any atom is -0.456 e. The zero-order valence-corrected chi connectivity index (χ0v) is 28.0. The SMILES string of the molecule is c1ccc(-c2cc(-c3ccccc3)nc(-n3c4cc5ccccc5cc4c4cccc(-c5ccc6oc7ccc8ccccc8c7c6c5)c43)n2)cc1. The Morgan fingerprint density at radius 2 is 1.04 bits per heavy atom. The summed E-state index contributed by atoms with van der Waals surface area (Å²) >= 11 is 0.